The summed E-state index contributed by atoms with van der Waals surface area (Å²) >= 11 is 0. The van der Waals surface area contributed by atoms with E-state index in [1.165, 1.54) is 6.07 Å². The van der Waals surface area contributed by atoms with Gasteiger partial charge in [0.25, 0.3) is 5.91 Å². The van der Waals surface area contributed by atoms with Crippen LogP contribution in [0.2, 0.25) is 0 Å². The fourth-order valence-corrected chi connectivity index (χ4v) is 4.12. The first-order valence-corrected chi connectivity index (χ1v) is 9.61. The molecule has 3 aromatic carbocycles. The first-order chi connectivity index (χ1) is 14.5. The van der Waals surface area contributed by atoms with E-state index in [-0.39, 0.29) is 12.5 Å². The lowest BCUT2D eigenvalue weighted by Gasteiger charge is -2.22. The minimum absolute atomic E-state index is 0.0246. The fourth-order valence-electron chi connectivity index (χ4n) is 4.12. The molecule has 0 unspecified atom stereocenters. The van der Waals surface area contributed by atoms with Crippen LogP contribution in [0, 0.1) is 0 Å². The van der Waals surface area contributed by atoms with Gasteiger partial charge in [0.15, 0.2) is 0 Å². The molecule has 1 aromatic heterocycles. The van der Waals surface area contributed by atoms with Crippen LogP contribution >= 0.6 is 0 Å². The molecule has 0 saturated carbocycles. The molecule has 0 radical (unpaired) electrons. The number of rotatable bonds is 3. The summed E-state index contributed by atoms with van der Waals surface area (Å²) in [7, 11) is 0. The normalized spacial score (nSPS) is 18.9. The molecule has 4 aromatic rings. The highest BCUT2D eigenvalue weighted by Crippen LogP contribution is 2.32. The highest BCUT2D eigenvalue weighted by atomic mass is 16.4. The predicted octanol–water partition coefficient (Wildman–Crippen LogP) is 3.91. The average Bonchev–Trinajstić information content (AvgIpc) is 2.98. The Morgan fingerprint density at radius 1 is 0.933 bits per heavy atom. The summed E-state index contributed by atoms with van der Waals surface area (Å²) in [6.45, 7) is 1.67. The number of hydrogen-bond donors (Lipinski definition) is 1. The Hall–Kier alpha value is -3.93. The van der Waals surface area contributed by atoms with Gasteiger partial charge >= 0.3 is 11.7 Å². The molecule has 1 N–H and O–H groups in total. The molecule has 3 amide bonds. The zero-order chi connectivity index (χ0) is 20.9. The van der Waals surface area contributed by atoms with E-state index in [2.05, 4.69) is 5.32 Å². The molecular formula is C24H18N2O4. The van der Waals surface area contributed by atoms with Gasteiger partial charge in [0.1, 0.15) is 11.1 Å². The molecular weight excluding hydrogens is 380 g/mol. The van der Waals surface area contributed by atoms with E-state index in [0.717, 1.165) is 21.1 Å². The van der Waals surface area contributed by atoms with Crippen molar-refractivity contribution >= 4 is 33.7 Å². The zero-order valence-electron chi connectivity index (χ0n) is 16.2. The van der Waals surface area contributed by atoms with Crippen molar-refractivity contribution in [3.63, 3.8) is 0 Å². The minimum Gasteiger partial charge on any atom is -0.423 e. The second kappa shape index (κ2) is 6.56. The van der Waals surface area contributed by atoms with Crippen LogP contribution in [0.25, 0.3) is 21.7 Å². The van der Waals surface area contributed by atoms with Crippen molar-refractivity contribution in [1.29, 1.82) is 0 Å². The first kappa shape index (κ1) is 18.1. The van der Waals surface area contributed by atoms with Gasteiger partial charge in [-0.2, -0.15) is 0 Å². The summed E-state index contributed by atoms with van der Waals surface area (Å²) in [5.41, 5.74) is 0.0164. The van der Waals surface area contributed by atoms with Gasteiger partial charge in [-0.15, -0.1) is 0 Å². The summed E-state index contributed by atoms with van der Waals surface area (Å²) in [6, 6.07) is 21.3. The van der Waals surface area contributed by atoms with Crippen molar-refractivity contribution in [3.8, 4) is 0 Å². The van der Waals surface area contributed by atoms with Gasteiger partial charge in [0.05, 0.1) is 6.54 Å². The van der Waals surface area contributed by atoms with E-state index in [9.17, 15) is 14.4 Å². The van der Waals surface area contributed by atoms with Crippen LogP contribution in [0.15, 0.2) is 82.0 Å². The molecule has 0 bridgehead atoms. The number of imide groups is 1. The Labute approximate surface area is 171 Å². The van der Waals surface area contributed by atoms with Crippen LogP contribution in [0.3, 0.4) is 0 Å². The molecule has 1 saturated heterocycles. The second-order valence-corrected chi connectivity index (χ2v) is 7.56. The molecule has 1 atom stereocenters. The van der Waals surface area contributed by atoms with Gasteiger partial charge in [0, 0.05) is 11.5 Å². The van der Waals surface area contributed by atoms with Crippen molar-refractivity contribution < 1.29 is 14.0 Å². The van der Waals surface area contributed by atoms with Crippen LogP contribution in [0.5, 0.6) is 0 Å². The van der Waals surface area contributed by atoms with Gasteiger partial charge in [-0.1, -0.05) is 60.7 Å². The Bertz CT molecular complexity index is 1380. The quantitative estimate of drug-likeness (QED) is 0.322. The SMILES string of the molecule is C[C@]1(c2ccccc2)NC(=O)N(Cc2cc(=O)oc3ccc4ccccc4c23)C1=O. The predicted molar refractivity (Wildman–Crippen MR) is 113 cm³/mol. The molecule has 5 rings (SSSR count). The Morgan fingerprint density at radius 3 is 2.47 bits per heavy atom. The van der Waals surface area contributed by atoms with Gasteiger partial charge in [-0.3, -0.25) is 9.69 Å². The summed E-state index contributed by atoms with van der Waals surface area (Å²) in [6.07, 6.45) is 0. The van der Waals surface area contributed by atoms with E-state index >= 15 is 0 Å². The smallest absolute Gasteiger partial charge is 0.336 e. The highest BCUT2D eigenvalue weighted by molar-refractivity contribution is 6.09. The van der Waals surface area contributed by atoms with Crippen molar-refractivity contribution in [2.24, 2.45) is 0 Å². The fraction of sp³-hybridized carbons (Fsp3) is 0.125. The molecule has 1 fully saturated rings. The number of amides is 3. The molecule has 0 spiro atoms. The van der Waals surface area contributed by atoms with Crippen LogP contribution < -0.4 is 10.9 Å². The van der Waals surface area contributed by atoms with Crippen LogP contribution in [0.1, 0.15) is 18.1 Å². The highest BCUT2D eigenvalue weighted by Gasteiger charge is 2.48. The van der Waals surface area contributed by atoms with E-state index in [0.29, 0.717) is 16.7 Å². The molecule has 148 valence electrons. The van der Waals surface area contributed by atoms with E-state index in [1.54, 1.807) is 13.0 Å². The Kier molecular flexibility index (Phi) is 3.96. The number of nitrogens with one attached hydrogen (secondary N) is 1. The summed E-state index contributed by atoms with van der Waals surface area (Å²) < 4.78 is 5.38. The molecule has 2 heterocycles. The number of fused-ring (bicyclic) bond motifs is 3. The third-order valence-corrected chi connectivity index (χ3v) is 5.67. The Morgan fingerprint density at radius 2 is 1.67 bits per heavy atom. The van der Waals surface area contributed by atoms with E-state index < -0.39 is 17.2 Å². The molecule has 30 heavy (non-hydrogen) atoms. The maximum atomic E-state index is 13.3. The maximum absolute atomic E-state index is 13.3. The topological polar surface area (TPSA) is 79.6 Å². The number of hydrogen-bond acceptors (Lipinski definition) is 4. The molecule has 6 heteroatoms. The van der Waals surface area contributed by atoms with Crippen LogP contribution in [-0.4, -0.2) is 16.8 Å². The minimum atomic E-state index is -1.16. The summed E-state index contributed by atoms with van der Waals surface area (Å²) in [5.74, 6) is -0.361. The number of carbonyl (C=O) groups excluding carboxylic acids is 2. The number of carbonyl (C=O) groups is 2. The van der Waals surface area contributed by atoms with Crippen molar-refractivity contribution in [2.75, 3.05) is 0 Å². The first-order valence-electron chi connectivity index (χ1n) is 9.61. The lowest BCUT2D eigenvalue weighted by Crippen LogP contribution is -2.40. The Balaban J connectivity index is 1.63. The lowest BCUT2D eigenvalue weighted by molar-refractivity contribution is -0.131. The summed E-state index contributed by atoms with van der Waals surface area (Å²) in [4.78, 5) is 39.3. The third-order valence-electron chi connectivity index (χ3n) is 5.67. The van der Waals surface area contributed by atoms with E-state index in [4.69, 9.17) is 4.42 Å². The number of urea groups is 1. The summed E-state index contributed by atoms with van der Waals surface area (Å²) in [5, 5.41) is 5.40. The second-order valence-electron chi connectivity index (χ2n) is 7.56. The zero-order valence-corrected chi connectivity index (χ0v) is 16.2. The average molecular weight is 398 g/mol. The molecule has 1 aliphatic rings. The molecule has 0 aliphatic carbocycles. The van der Waals surface area contributed by atoms with Crippen molar-refractivity contribution in [2.45, 2.75) is 19.0 Å². The third kappa shape index (κ3) is 2.69. The monoisotopic (exact) mass is 398 g/mol. The van der Waals surface area contributed by atoms with Gasteiger partial charge in [-0.05, 0) is 34.9 Å². The lowest BCUT2D eigenvalue weighted by atomic mass is 9.92. The molecule has 6 nitrogen and oxygen atoms in total. The standard InChI is InChI=1S/C24H18N2O4/c1-24(17-8-3-2-4-9-17)22(28)26(23(29)25-24)14-16-13-20(27)30-19-12-11-15-7-5-6-10-18(15)21(16)19/h2-13H,14H2,1H3,(H,25,29)/t24-/m1/s1. The van der Waals surface area contributed by atoms with Gasteiger partial charge in [0.2, 0.25) is 0 Å². The molecule has 1 aliphatic heterocycles. The van der Waals surface area contributed by atoms with Crippen molar-refractivity contribution in [1.82, 2.24) is 10.2 Å². The maximum Gasteiger partial charge on any atom is 0.336 e. The van der Waals surface area contributed by atoms with Gasteiger partial charge in [-0.25, -0.2) is 9.59 Å². The number of benzene rings is 3. The van der Waals surface area contributed by atoms with E-state index in [1.807, 2.05) is 60.7 Å². The van der Waals surface area contributed by atoms with Crippen molar-refractivity contribution in [3.05, 3.63) is 94.3 Å². The largest absolute Gasteiger partial charge is 0.423 e. The van der Waals surface area contributed by atoms with Gasteiger partial charge < -0.3 is 9.73 Å². The number of nitrogens with zero attached hydrogens (tertiary/aromatic N) is 1. The van der Waals surface area contributed by atoms with Crippen LogP contribution in [-0.2, 0) is 16.9 Å². The van der Waals surface area contributed by atoms with Crippen LogP contribution in [0.4, 0.5) is 4.79 Å².